The second kappa shape index (κ2) is 5.65. The Bertz CT molecular complexity index is 647. The van der Waals surface area contributed by atoms with Gasteiger partial charge in [0.1, 0.15) is 5.75 Å². The molecule has 1 aromatic carbocycles. The fourth-order valence-corrected chi connectivity index (χ4v) is 2.15. The van der Waals surface area contributed by atoms with Crippen LogP contribution in [0.5, 0.6) is 5.75 Å². The molecule has 110 valence electrons. The van der Waals surface area contributed by atoms with Gasteiger partial charge in [-0.3, -0.25) is 4.79 Å². The molecule has 0 bridgehead atoms. The maximum Gasteiger partial charge on any atom is 0.215 e. The minimum atomic E-state index is -0.136. The lowest BCUT2D eigenvalue weighted by molar-refractivity contribution is 0.103. The highest BCUT2D eigenvalue weighted by atomic mass is 16.5. The number of hydrogen-bond acceptors (Lipinski definition) is 5. The zero-order valence-electron chi connectivity index (χ0n) is 12.1. The van der Waals surface area contributed by atoms with Crippen molar-refractivity contribution in [1.82, 2.24) is 20.3 Å². The van der Waals surface area contributed by atoms with Crippen LogP contribution in [0.1, 0.15) is 35.9 Å². The number of hydrogen-bond donors (Lipinski definition) is 1. The molecule has 0 radical (unpaired) electrons. The van der Waals surface area contributed by atoms with E-state index in [1.54, 1.807) is 23.0 Å². The first-order valence-electron chi connectivity index (χ1n) is 7.07. The van der Waals surface area contributed by atoms with E-state index in [0.717, 1.165) is 13.1 Å². The first kappa shape index (κ1) is 13.8. The SMILES string of the molecule is CC(C)Oc1cccc(C(=O)c2cn(C3CNC3)nn2)c1. The second-order valence-corrected chi connectivity index (χ2v) is 5.42. The van der Waals surface area contributed by atoms with Crippen LogP contribution in [0.4, 0.5) is 0 Å². The summed E-state index contributed by atoms with van der Waals surface area (Å²) in [5.74, 6) is 0.550. The van der Waals surface area contributed by atoms with Crippen molar-refractivity contribution in [1.29, 1.82) is 0 Å². The molecule has 0 atom stereocenters. The molecule has 1 aliphatic rings. The number of ketones is 1. The highest BCUT2D eigenvalue weighted by Crippen LogP contribution is 2.18. The molecule has 2 aromatic rings. The molecule has 1 aliphatic heterocycles. The van der Waals surface area contributed by atoms with Gasteiger partial charge in [0.15, 0.2) is 5.69 Å². The molecule has 1 saturated heterocycles. The molecule has 21 heavy (non-hydrogen) atoms. The number of benzene rings is 1. The van der Waals surface area contributed by atoms with Crippen molar-refractivity contribution in [3.05, 3.63) is 41.7 Å². The van der Waals surface area contributed by atoms with Gasteiger partial charge in [-0.1, -0.05) is 17.3 Å². The van der Waals surface area contributed by atoms with Crippen LogP contribution < -0.4 is 10.1 Å². The Morgan fingerprint density at radius 1 is 1.43 bits per heavy atom. The zero-order valence-corrected chi connectivity index (χ0v) is 12.1. The summed E-state index contributed by atoms with van der Waals surface area (Å²) in [6.07, 6.45) is 1.78. The molecule has 0 aliphatic carbocycles. The van der Waals surface area contributed by atoms with E-state index in [9.17, 15) is 4.79 Å². The minimum Gasteiger partial charge on any atom is -0.491 e. The lowest BCUT2D eigenvalue weighted by Gasteiger charge is -2.26. The highest BCUT2D eigenvalue weighted by molar-refractivity contribution is 6.07. The predicted octanol–water partition coefficient (Wildman–Crippen LogP) is 1.44. The Labute approximate surface area is 123 Å². The number of carbonyl (C=O) groups is 1. The standard InChI is InChI=1S/C15H18N4O2/c1-10(2)21-13-5-3-4-11(6-13)15(20)14-9-19(18-17-14)12-7-16-8-12/h3-6,9-10,12,16H,7-8H2,1-2H3. The zero-order chi connectivity index (χ0) is 14.8. The Morgan fingerprint density at radius 3 is 2.90 bits per heavy atom. The van der Waals surface area contributed by atoms with Crippen molar-refractivity contribution in [2.75, 3.05) is 13.1 Å². The Hall–Kier alpha value is -2.21. The molecular weight excluding hydrogens is 268 g/mol. The summed E-state index contributed by atoms with van der Waals surface area (Å²) in [5, 5.41) is 11.2. The molecule has 1 fully saturated rings. The maximum atomic E-state index is 12.4. The van der Waals surface area contributed by atoms with Crippen LogP contribution in [0.25, 0.3) is 0 Å². The van der Waals surface area contributed by atoms with E-state index in [2.05, 4.69) is 15.6 Å². The molecule has 2 heterocycles. The summed E-state index contributed by atoms with van der Waals surface area (Å²) in [6, 6.07) is 7.46. The third-order valence-corrected chi connectivity index (χ3v) is 3.34. The summed E-state index contributed by atoms with van der Waals surface area (Å²) in [7, 11) is 0. The number of nitrogens with zero attached hydrogens (tertiary/aromatic N) is 3. The summed E-state index contributed by atoms with van der Waals surface area (Å²) in [4.78, 5) is 12.4. The van der Waals surface area contributed by atoms with Crippen molar-refractivity contribution in [2.24, 2.45) is 0 Å². The largest absolute Gasteiger partial charge is 0.491 e. The minimum absolute atomic E-state index is 0.0716. The normalized spacial score (nSPS) is 15.0. The molecule has 0 spiro atoms. The van der Waals surface area contributed by atoms with E-state index in [1.165, 1.54) is 0 Å². The van der Waals surface area contributed by atoms with Gasteiger partial charge in [0.05, 0.1) is 18.3 Å². The van der Waals surface area contributed by atoms with Gasteiger partial charge >= 0.3 is 0 Å². The van der Waals surface area contributed by atoms with Crippen LogP contribution in [0.15, 0.2) is 30.5 Å². The van der Waals surface area contributed by atoms with Crippen LogP contribution in [-0.4, -0.2) is 40.0 Å². The lowest BCUT2D eigenvalue weighted by atomic mass is 10.1. The fourth-order valence-electron chi connectivity index (χ4n) is 2.15. The van der Waals surface area contributed by atoms with Gasteiger partial charge in [-0.05, 0) is 26.0 Å². The molecule has 0 unspecified atom stereocenters. The Balaban J connectivity index is 1.79. The smallest absolute Gasteiger partial charge is 0.215 e. The van der Waals surface area contributed by atoms with Crippen molar-refractivity contribution < 1.29 is 9.53 Å². The summed E-state index contributed by atoms with van der Waals surface area (Å²) >= 11 is 0. The van der Waals surface area contributed by atoms with Crippen molar-refractivity contribution in [3.63, 3.8) is 0 Å². The molecule has 1 N–H and O–H groups in total. The van der Waals surface area contributed by atoms with E-state index in [-0.39, 0.29) is 11.9 Å². The maximum absolute atomic E-state index is 12.4. The average molecular weight is 286 g/mol. The van der Waals surface area contributed by atoms with Gasteiger partial charge < -0.3 is 10.1 Å². The molecule has 0 amide bonds. The quantitative estimate of drug-likeness (QED) is 0.842. The van der Waals surface area contributed by atoms with Crippen LogP contribution in [0.3, 0.4) is 0 Å². The number of ether oxygens (including phenoxy) is 1. The van der Waals surface area contributed by atoms with Gasteiger partial charge in [0.2, 0.25) is 5.78 Å². The van der Waals surface area contributed by atoms with Crippen molar-refractivity contribution in [3.8, 4) is 5.75 Å². The van der Waals surface area contributed by atoms with Crippen LogP contribution in [-0.2, 0) is 0 Å². The number of nitrogens with one attached hydrogen (secondary N) is 1. The summed E-state index contributed by atoms with van der Waals surface area (Å²) in [6.45, 7) is 5.64. The number of carbonyl (C=O) groups excluding carboxylic acids is 1. The van der Waals surface area contributed by atoms with Gasteiger partial charge in [0.25, 0.3) is 0 Å². The fraction of sp³-hybridized carbons (Fsp3) is 0.400. The van der Waals surface area contributed by atoms with Gasteiger partial charge in [0, 0.05) is 18.7 Å². The first-order valence-corrected chi connectivity index (χ1v) is 7.07. The highest BCUT2D eigenvalue weighted by Gasteiger charge is 2.22. The Kier molecular flexibility index (Phi) is 3.70. The number of rotatable bonds is 5. The van der Waals surface area contributed by atoms with E-state index in [4.69, 9.17) is 4.74 Å². The van der Waals surface area contributed by atoms with E-state index < -0.39 is 0 Å². The monoisotopic (exact) mass is 286 g/mol. The van der Waals surface area contributed by atoms with Gasteiger partial charge in [-0.15, -0.1) is 5.10 Å². The molecule has 6 nitrogen and oxygen atoms in total. The van der Waals surface area contributed by atoms with Gasteiger partial charge in [-0.25, -0.2) is 4.68 Å². The predicted molar refractivity (Wildman–Crippen MR) is 77.6 cm³/mol. The molecule has 6 heteroatoms. The topological polar surface area (TPSA) is 69.0 Å². The van der Waals surface area contributed by atoms with E-state index >= 15 is 0 Å². The first-order chi connectivity index (χ1) is 10.1. The van der Waals surface area contributed by atoms with Crippen LogP contribution in [0.2, 0.25) is 0 Å². The van der Waals surface area contributed by atoms with E-state index in [1.807, 2.05) is 26.0 Å². The number of aromatic nitrogens is 3. The average Bonchev–Trinajstić information content (AvgIpc) is 2.84. The molecule has 3 rings (SSSR count). The van der Waals surface area contributed by atoms with Crippen LogP contribution in [0, 0.1) is 0 Å². The lowest BCUT2D eigenvalue weighted by Crippen LogP contribution is -2.43. The van der Waals surface area contributed by atoms with Gasteiger partial charge in [-0.2, -0.15) is 0 Å². The van der Waals surface area contributed by atoms with Crippen molar-refractivity contribution >= 4 is 5.78 Å². The molecule has 0 saturated carbocycles. The summed E-state index contributed by atoms with van der Waals surface area (Å²) in [5.41, 5.74) is 0.926. The molecular formula is C15H18N4O2. The second-order valence-electron chi connectivity index (χ2n) is 5.42. The third-order valence-electron chi connectivity index (χ3n) is 3.34. The summed E-state index contributed by atoms with van der Waals surface area (Å²) < 4.78 is 7.36. The van der Waals surface area contributed by atoms with E-state index in [0.29, 0.717) is 23.0 Å². The van der Waals surface area contributed by atoms with Crippen molar-refractivity contribution in [2.45, 2.75) is 26.0 Å². The Morgan fingerprint density at radius 2 is 2.24 bits per heavy atom. The molecule has 1 aromatic heterocycles. The van der Waals surface area contributed by atoms with Crippen LogP contribution >= 0.6 is 0 Å². The third kappa shape index (κ3) is 2.95.